The van der Waals surface area contributed by atoms with Crippen LogP contribution in [0.5, 0.6) is 5.75 Å². The second-order valence-corrected chi connectivity index (χ2v) is 5.97. The number of carbonyl (C=O) groups excluding carboxylic acids is 1. The van der Waals surface area contributed by atoms with E-state index in [1.165, 1.54) is 10.1 Å². The first-order valence-corrected chi connectivity index (χ1v) is 7.61. The number of rotatable bonds is 2. The zero-order valence-electron chi connectivity index (χ0n) is 11.5. The molecule has 1 aliphatic rings. The van der Waals surface area contributed by atoms with E-state index >= 15 is 0 Å². The quantitative estimate of drug-likeness (QED) is 0.713. The van der Waals surface area contributed by atoms with Crippen molar-refractivity contribution >= 4 is 33.0 Å². The Kier molecular flexibility index (Phi) is 2.72. The predicted molar refractivity (Wildman–Crippen MR) is 85.3 cm³/mol. The highest BCUT2D eigenvalue weighted by atomic mass is 32.1. The fraction of sp³-hybridized carbons (Fsp3) is 0.118. The van der Waals surface area contributed by atoms with E-state index in [2.05, 4.69) is 23.6 Å². The minimum atomic E-state index is 0.0403. The molecule has 3 aromatic rings. The summed E-state index contributed by atoms with van der Waals surface area (Å²) in [7, 11) is 1.64. The van der Waals surface area contributed by atoms with Crippen LogP contribution in [0.2, 0.25) is 0 Å². The van der Waals surface area contributed by atoms with Gasteiger partial charge in [-0.1, -0.05) is 6.07 Å². The van der Waals surface area contributed by atoms with Gasteiger partial charge in [-0.2, -0.15) is 0 Å². The molecule has 104 valence electrons. The van der Waals surface area contributed by atoms with Gasteiger partial charge in [0.05, 0.1) is 13.7 Å². The Morgan fingerprint density at radius 1 is 1.19 bits per heavy atom. The number of carbonyl (C=O) groups is 1. The van der Waals surface area contributed by atoms with Crippen molar-refractivity contribution in [3.8, 4) is 5.75 Å². The number of fused-ring (bicyclic) bond motifs is 2. The molecular formula is C17H13NO2S. The third-order valence-electron chi connectivity index (χ3n) is 3.89. The molecule has 0 radical (unpaired) electrons. The Balaban J connectivity index is 1.79. The summed E-state index contributed by atoms with van der Waals surface area (Å²) < 4.78 is 6.61. The van der Waals surface area contributed by atoms with Crippen molar-refractivity contribution in [2.45, 2.75) is 6.54 Å². The van der Waals surface area contributed by atoms with Crippen molar-refractivity contribution in [2.75, 3.05) is 12.0 Å². The Hall–Kier alpha value is -2.33. The standard InChI is InChI=1S/C17H13NO2S/c1-20-15-4-2-3-13-14(15)10-18(17(13)19)12-5-6-16-11(9-12)7-8-21-16/h2-9H,10H2,1H3. The molecule has 0 unspecified atom stereocenters. The molecule has 4 heteroatoms. The second-order valence-electron chi connectivity index (χ2n) is 5.02. The number of benzene rings is 2. The van der Waals surface area contributed by atoms with Crippen LogP contribution in [0, 0.1) is 0 Å². The molecule has 4 rings (SSSR count). The molecule has 0 saturated carbocycles. The summed E-state index contributed by atoms with van der Waals surface area (Å²) in [5.74, 6) is 0.818. The molecule has 0 fully saturated rings. The summed E-state index contributed by atoms with van der Waals surface area (Å²) in [5.41, 5.74) is 2.64. The van der Waals surface area contributed by atoms with Gasteiger partial charge < -0.3 is 9.64 Å². The van der Waals surface area contributed by atoms with Gasteiger partial charge in [-0.05, 0) is 47.2 Å². The highest BCUT2D eigenvalue weighted by molar-refractivity contribution is 7.17. The third-order valence-corrected chi connectivity index (χ3v) is 4.79. The van der Waals surface area contributed by atoms with E-state index in [-0.39, 0.29) is 5.91 Å². The number of anilines is 1. The number of amides is 1. The van der Waals surface area contributed by atoms with Crippen LogP contribution in [0.1, 0.15) is 15.9 Å². The normalized spacial score (nSPS) is 13.8. The van der Waals surface area contributed by atoms with E-state index in [1.54, 1.807) is 18.4 Å². The van der Waals surface area contributed by atoms with Crippen molar-refractivity contribution in [1.82, 2.24) is 0 Å². The fourth-order valence-electron chi connectivity index (χ4n) is 2.83. The summed E-state index contributed by atoms with van der Waals surface area (Å²) in [4.78, 5) is 14.4. The van der Waals surface area contributed by atoms with Gasteiger partial charge in [-0.3, -0.25) is 4.79 Å². The average molecular weight is 295 g/mol. The smallest absolute Gasteiger partial charge is 0.259 e. The average Bonchev–Trinajstić information content (AvgIpc) is 3.11. The van der Waals surface area contributed by atoms with Crippen molar-refractivity contribution in [3.05, 3.63) is 59.0 Å². The summed E-state index contributed by atoms with van der Waals surface area (Å²) in [6.45, 7) is 0.563. The molecule has 0 atom stereocenters. The maximum absolute atomic E-state index is 12.6. The van der Waals surface area contributed by atoms with Gasteiger partial charge in [0.1, 0.15) is 5.75 Å². The molecule has 3 nitrogen and oxygen atoms in total. The fourth-order valence-corrected chi connectivity index (χ4v) is 3.60. The van der Waals surface area contributed by atoms with Crippen LogP contribution in [0.3, 0.4) is 0 Å². The SMILES string of the molecule is COc1cccc2c1CN(c1ccc3sccc3c1)C2=O. The summed E-state index contributed by atoms with van der Waals surface area (Å²) in [6.07, 6.45) is 0. The van der Waals surface area contributed by atoms with Crippen molar-refractivity contribution in [1.29, 1.82) is 0 Å². The molecule has 2 heterocycles. The minimum absolute atomic E-state index is 0.0403. The van der Waals surface area contributed by atoms with Gasteiger partial charge in [-0.25, -0.2) is 0 Å². The number of ether oxygens (including phenoxy) is 1. The molecule has 0 spiro atoms. The number of hydrogen-bond acceptors (Lipinski definition) is 3. The molecule has 0 aliphatic carbocycles. The number of hydrogen-bond donors (Lipinski definition) is 0. The monoisotopic (exact) mass is 295 g/mol. The van der Waals surface area contributed by atoms with Gasteiger partial charge >= 0.3 is 0 Å². The number of thiophene rings is 1. The van der Waals surface area contributed by atoms with E-state index < -0.39 is 0 Å². The molecule has 2 aromatic carbocycles. The van der Waals surface area contributed by atoms with Crippen LogP contribution >= 0.6 is 11.3 Å². The lowest BCUT2D eigenvalue weighted by Gasteiger charge is -2.16. The zero-order valence-corrected chi connectivity index (χ0v) is 12.3. The van der Waals surface area contributed by atoms with Gasteiger partial charge in [0, 0.05) is 21.5 Å². The molecular weight excluding hydrogens is 282 g/mol. The van der Waals surface area contributed by atoms with E-state index in [9.17, 15) is 4.79 Å². The van der Waals surface area contributed by atoms with Crippen molar-refractivity contribution in [3.63, 3.8) is 0 Å². The number of nitrogens with zero attached hydrogens (tertiary/aromatic N) is 1. The van der Waals surface area contributed by atoms with Crippen LogP contribution in [-0.4, -0.2) is 13.0 Å². The third kappa shape index (κ3) is 1.83. The molecule has 21 heavy (non-hydrogen) atoms. The highest BCUT2D eigenvalue weighted by Gasteiger charge is 2.30. The van der Waals surface area contributed by atoms with E-state index in [4.69, 9.17) is 4.74 Å². The lowest BCUT2D eigenvalue weighted by molar-refractivity contribution is 0.0996. The Bertz CT molecular complexity index is 853. The lowest BCUT2D eigenvalue weighted by atomic mass is 10.1. The van der Waals surface area contributed by atoms with Gasteiger partial charge in [0.25, 0.3) is 5.91 Å². The predicted octanol–water partition coefficient (Wildman–Crippen LogP) is 4.07. The molecule has 1 amide bonds. The largest absolute Gasteiger partial charge is 0.496 e. The van der Waals surface area contributed by atoms with E-state index in [1.807, 2.05) is 29.2 Å². The topological polar surface area (TPSA) is 29.5 Å². The molecule has 0 saturated heterocycles. The Morgan fingerprint density at radius 3 is 2.95 bits per heavy atom. The first kappa shape index (κ1) is 12.4. The minimum Gasteiger partial charge on any atom is -0.496 e. The molecule has 0 N–H and O–H groups in total. The maximum atomic E-state index is 12.6. The van der Waals surface area contributed by atoms with E-state index in [0.29, 0.717) is 6.54 Å². The van der Waals surface area contributed by atoms with Crippen molar-refractivity contribution < 1.29 is 9.53 Å². The molecule has 1 aliphatic heterocycles. The van der Waals surface area contributed by atoms with Gasteiger partial charge in [0.15, 0.2) is 0 Å². The van der Waals surface area contributed by atoms with E-state index in [0.717, 1.165) is 22.6 Å². The van der Waals surface area contributed by atoms with Crippen molar-refractivity contribution in [2.24, 2.45) is 0 Å². The Labute approximate surface area is 126 Å². The summed E-state index contributed by atoms with van der Waals surface area (Å²) in [6, 6.07) is 13.9. The highest BCUT2D eigenvalue weighted by Crippen LogP contribution is 2.35. The van der Waals surface area contributed by atoms with Crippen LogP contribution < -0.4 is 9.64 Å². The zero-order chi connectivity index (χ0) is 14.4. The van der Waals surface area contributed by atoms with Crippen LogP contribution in [0.25, 0.3) is 10.1 Å². The first-order chi connectivity index (χ1) is 10.3. The van der Waals surface area contributed by atoms with Gasteiger partial charge in [-0.15, -0.1) is 11.3 Å². The Morgan fingerprint density at radius 2 is 2.10 bits per heavy atom. The first-order valence-electron chi connectivity index (χ1n) is 6.73. The molecule has 0 bridgehead atoms. The summed E-state index contributed by atoms with van der Waals surface area (Å²) >= 11 is 1.71. The van der Waals surface area contributed by atoms with Crippen LogP contribution in [0.15, 0.2) is 47.8 Å². The van der Waals surface area contributed by atoms with Crippen LogP contribution in [0.4, 0.5) is 5.69 Å². The van der Waals surface area contributed by atoms with Gasteiger partial charge in [0.2, 0.25) is 0 Å². The lowest BCUT2D eigenvalue weighted by Crippen LogP contribution is -2.22. The summed E-state index contributed by atoms with van der Waals surface area (Å²) in [5, 5.41) is 3.24. The maximum Gasteiger partial charge on any atom is 0.259 e. The van der Waals surface area contributed by atoms with Crippen LogP contribution in [-0.2, 0) is 6.54 Å². The molecule has 1 aromatic heterocycles. The number of methoxy groups -OCH3 is 1. The second kappa shape index (κ2) is 4.60.